The Labute approximate surface area is 149 Å². The molecule has 0 aliphatic rings. The van der Waals surface area contributed by atoms with Crippen molar-refractivity contribution in [2.75, 3.05) is 19.5 Å². The lowest BCUT2D eigenvalue weighted by Crippen LogP contribution is -2.35. The average molecular weight is 367 g/mol. The SMILES string of the molecule is COc1ccc(C(C)(C)C(=O)Nc2ccccc2C(F)(F)F)cc1OC. The Morgan fingerprint density at radius 1 is 0.962 bits per heavy atom. The zero-order chi connectivity index (χ0) is 19.5. The van der Waals surface area contributed by atoms with Crippen molar-refractivity contribution < 1.29 is 27.4 Å². The number of rotatable bonds is 5. The molecular formula is C19H20F3NO3. The number of hydrogen-bond acceptors (Lipinski definition) is 3. The van der Waals surface area contributed by atoms with Crippen LogP contribution in [0.5, 0.6) is 11.5 Å². The smallest absolute Gasteiger partial charge is 0.418 e. The molecule has 140 valence electrons. The van der Waals surface area contributed by atoms with E-state index in [9.17, 15) is 18.0 Å². The van der Waals surface area contributed by atoms with Gasteiger partial charge >= 0.3 is 6.18 Å². The molecule has 1 N–H and O–H groups in total. The number of amides is 1. The maximum atomic E-state index is 13.1. The highest BCUT2D eigenvalue weighted by Crippen LogP contribution is 2.37. The molecule has 2 aromatic rings. The van der Waals surface area contributed by atoms with E-state index in [0.717, 1.165) is 6.07 Å². The third kappa shape index (κ3) is 3.92. The van der Waals surface area contributed by atoms with Gasteiger partial charge in [0.15, 0.2) is 11.5 Å². The van der Waals surface area contributed by atoms with Crippen molar-refractivity contribution in [2.24, 2.45) is 0 Å². The first-order valence-corrected chi connectivity index (χ1v) is 7.81. The van der Waals surface area contributed by atoms with E-state index in [1.54, 1.807) is 32.0 Å². The van der Waals surface area contributed by atoms with Gasteiger partial charge in [0.1, 0.15) is 0 Å². The standard InChI is InChI=1S/C19H20F3NO3/c1-18(2,12-9-10-15(25-3)16(11-12)26-4)17(24)23-14-8-6-5-7-13(14)19(20,21)22/h5-11H,1-4H3,(H,23,24). The molecule has 0 saturated heterocycles. The van der Waals surface area contributed by atoms with E-state index < -0.39 is 23.1 Å². The summed E-state index contributed by atoms with van der Waals surface area (Å²) in [4.78, 5) is 12.7. The van der Waals surface area contributed by atoms with Crippen LogP contribution in [0.3, 0.4) is 0 Å². The summed E-state index contributed by atoms with van der Waals surface area (Å²) < 4.78 is 49.7. The minimum Gasteiger partial charge on any atom is -0.493 e. The van der Waals surface area contributed by atoms with E-state index >= 15 is 0 Å². The van der Waals surface area contributed by atoms with Gasteiger partial charge in [-0.2, -0.15) is 13.2 Å². The van der Waals surface area contributed by atoms with E-state index in [4.69, 9.17) is 9.47 Å². The number of carbonyl (C=O) groups excluding carboxylic acids is 1. The molecule has 0 atom stereocenters. The van der Waals surface area contributed by atoms with Crippen molar-refractivity contribution in [2.45, 2.75) is 25.4 Å². The Hall–Kier alpha value is -2.70. The summed E-state index contributed by atoms with van der Waals surface area (Å²) in [5.41, 5.74) is -1.69. The number of benzene rings is 2. The van der Waals surface area contributed by atoms with Crippen molar-refractivity contribution in [1.29, 1.82) is 0 Å². The number of halogens is 3. The van der Waals surface area contributed by atoms with Gasteiger partial charge in [-0.05, 0) is 43.7 Å². The van der Waals surface area contributed by atoms with E-state index in [1.807, 2.05) is 0 Å². The lowest BCUT2D eigenvalue weighted by atomic mass is 9.83. The molecule has 0 unspecified atom stereocenters. The van der Waals surface area contributed by atoms with Crippen LogP contribution < -0.4 is 14.8 Å². The molecule has 2 aromatic carbocycles. The summed E-state index contributed by atoms with van der Waals surface area (Å²) >= 11 is 0. The highest BCUT2D eigenvalue weighted by Gasteiger charge is 2.36. The van der Waals surface area contributed by atoms with Crippen LogP contribution in [0.2, 0.25) is 0 Å². The lowest BCUT2D eigenvalue weighted by Gasteiger charge is -2.26. The number of methoxy groups -OCH3 is 2. The number of anilines is 1. The zero-order valence-electron chi connectivity index (χ0n) is 14.9. The van der Waals surface area contributed by atoms with Crippen LogP contribution in [0.4, 0.5) is 18.9 Å². The average Bonchev–Trinajstić information content (AvgIpc) is 2.60. The topological polar surface area (TPSA) is 47.6 Å². The van der Waals surface area contributed by atoms with Crippen LogP contribution >= 0.6 is 0 Å². The van der Waals surface area contributed by atoms with Crippen molar-refractivity contribution >= 4 is 11.6 Å². The lowest BCUT2D eigenvalue weighted by molar-refractivity contribution is -0.137. The molecule has 7 heteroatoms. The summed E-state index contributed by atoms with van der Waals surface area (Å²) in [6.07, 6.45) is -4.56. The minimum atomic E-state index is -4.56. The maximum absolute atomic E-state index is 13.1. The van der Waals surface area contributed by atoms with E-state index in [-0.39, 0.29) is 5.69 Å². The number of para-hydroxylation sites is 1. The van der Waals surface area contributed by atoms with Gasteiger partial charge in [0.25, 0.3) is 0 Å². The second kappa shape index (κ2) is 7.27. The third-order valence-corrected chi connectivity index (χ3v) is 4.15. The summed E-state index contributed by atoms with van der Waals surface area (Å²) in [6.45, 7) is 3.25. The number of carbonyl (C=O) groups is 1. The van der Waals surface area contributed by atoms with Gasteiger partial charge in [-0.1, -0.05) is 18.2 Å². The zero-order valence-corrected chi connectivity index (χ0v) is 14.9. The van der Waals surface area contributed by atoms with Gasteiger partial charge in [0, 0.05) is 0 Å². The largest absolute Gasteiger partial charge is 0.493 e. The molecule has 1 amide bonds. The van der Waals surface area contributed by atoms with Gasteiger partial charge in [0.2, 0.25) is 5.91 Å². The number of nitrogens with one attached hydrogen (secondary N) is 1. The van der Waals surface area contributed by atoms with Gasteiger partial charge in [-0.25, -0.2) is 0 Å². The normalized spacial score (nSPS) is 11.8. The van der Waals surface area contributed by atoms with Crippen LogP contribution in [0.1, 0.15) is 25.0 Å². The molecule has 0 fully saturated rings. The van der Waals surface area contributed by atoms with E-state index in [2.05, 4.69) is 5.32 Å². The van der Waals surface area contributed by atoms with Crippen LogP contribution in [-0.4, -0.2) is 20.1 Å². The Balaban J connectivity index is 2.35. The van der Waals surface area contributed by atoms with Crippen LogP contribution in [-0.2, 0) is 16.4 Å². The Morgan fingerprint density at radius 2 is 1.58 bits per heavy atom. The van der Waals surface area contributed by atoms with Crippen molar-refractivity contribution in [3.63, 3.8) is 0 Å². The Morgan fingerprint density at radius 3 is 2.15 bits per heavy atom. The first kappa shape index (κ1) is 19.6. The molecule has 0 heterocycles. The van der Waals surface area contributed by atoms with Gasteiger partial charge in [-0.3, -0.25) is 4.79 Å². The second-order valence-corrected chi connectivity index (χ2v) is 6.19. The Kier molecular flexibility index (Phi) is 5.49. The predicted molar refractivity (Wildman–Crippen MR) is 92.6 cm³/mol. The molecular weight excluding hydrogens is 347 g/mol. The number of alkyl halides is 3. The van der Waals surface area contributed by atoms with Crippen LogP contribution in [0.15, 0.2) is 42.5 Å². The van der Waals surface area contributed by atoms with Crippen LogP contribution in [0.25, 0.3) is 0 Å². The summed E-state index contributed by atoms with van der Waals surface area (Å²) in [7, 11) is 2.96. The molecule has 26 heavy (non-hydrogen) atoms. The van der Waals surface area contributed by atoms with E-state index in [0.29, 0.717) is 17.1 Å². The molecule has 4 nitrogen and oxygen atoms in total. The molecule has 0 aromatic heterocycles. The molecule has 0 radical (unpaired) electrons. The number of ether oxygens (including phenoxy) is 2. The highest BCUT2D eigenvalue weighted by atomic mass is 19.4. The predicted octanol–water partition coefficient (Wildman–Crippen LogP) is 4.64. The van der Waals surface area contributed by atoms with Crippen molar-refractivity contribution in [3.05, 3.63) is 53.6 Å². The van der Waals surface area contributed by atoms with Gasteiger partial charge in [0.05, 0.1) is 30.9 Å². The van der Waals surface area contributed by atoms with Gasteiger partial charge < -0.3 is 14.8 Å². The third-order valence-electron chi connectivity index (χ3n) is 4.15. The van der Waals surface area contributed by atoms with Gasteiger partial charge in [-0.15, -0.1) is 0 Å². The summed E-state index contributed by atoms with van der Waals surface area (Å²) in [5.74, 6) is 0.359. The highest BCUT2D eigenvalue weighted by molar-refractivity contribution is 5.99. The summed E-state index contributed by atoms with van der Waals surface area (Å²) in [6, 6.07) is 9.83. The molecule has 2 rings (SSSR count). The molecule has 0 saturated carbocycles. The van der Waals surface area contributed by atoms with E-state index in [1.165, 1.54) is 32.4 Å². The fourth-order valence-corrected chi connectivity index (χ4v) is 2.47. The van der Waals surface area contributed by atoms with Crippen molar-refractivity contribution in [1.82, 2.24) is 0 Å². The molecule has 0 aliphatic carbocycles. The Bertz CT molecular complexity index is 801. The summed E-state index contributed by atoms with van der Waals surface area (Å²) in [5, 5.41) is 2.39. The first-order chi connectivity index (χ1) is 12.1. The van der Waals surface area contributed by atoms with Crippen molar-refractivity contribution in [3.8, 4) is 11.5 Å². The number of hydrogen-bond donors (Lipinski definition) is 1. The first-order valence-electron chi connectivity index (χ1n) is 7.81. The monoisotopic (exact) mass is 367 g/mol. The molecule has 0 spiro atoms. The quantitative estimate of drug-likeness (QED) is 0.838. The second-order valence-electron chi connectivity index (χ2n) is 6.19. The minimum absolute atomic E-state index is 0.279. The fourth-order valence-electron chi connectivity index (χ4n) is 2.47. The molecule has 0 aliphatic heterocycles. The molecule has 0 bridgehead atoms. The maximum Gasteiger partial charge on any atom is 0.418 e. The van der Waals surface area contributed by atoms with Crippen LogP contribution in [0, 0.1) is 0 Å². The fraction of sp³-hybridized carbons (Fsp3) is 0.316.